The molecule has 1 aromatic rings. The molecule has 0 heterocycles. The first-order chi connectivity index (χ1) is 14.5. The van der Waals surface area contributed by atoms with Crippen molar-refractivity contribution >= 4 is 23.7 Å². The number of nitrogens with two attached hydrogens (primary N) is 1. The van der Waals surface area contributed by atoms with Gasteiger partial charge in [-0.15, -0.1) is 0 Å². The molecule has 31 heavy (non-hydrogen) atoms. The predicted molar refractivity (Wildman–Crippen MR) is 108 cm³/mol. The molecule has 172 valence electrons. The molecule has 12 nitrogen and oxygen atoms in total. The van der Waals surface area contributed by atoms with Crippen LogP contribution < -0.4 is 21.7 Å². The minimum atomic E-state index is -1.56. The molecule has 12 heteroatoms. The summed E-state index contributed by atoms with van der Waals surface area (Å²) >= 11 is 0. The zero-order chi connectivity index (χ0) is 23.7. The summed E-state index contributed by atoms with van der Waals surface area (Å²) in [6.07, 6.45) is -2.88. The minimum Gasteiger partial charge on any atom is -0.508 e. The van der Waals surface area contributed by atoms with E-state index in [1.807, 2.05) is 0 Å². The molecule has 0 radical (unpaired) electrons. The molecule has 0 saturated heterocycles. The van der Waals surface area contributed by atoms with Gasteiger partial charge >= 0.3 is 5.97 Å². The molecule has 3 amide bonds. The number of hydrogen-bond donors (Lipinski definition) is 8. The highest BCUT2D eigenvalue weighted by Crippen LogP contribution is 2.12. The summed E-state index contributed by atoms with van der Waals surface area (Å²) in [6.45, 7) is 2.00. The molecule has 0 fully saturated rings. The van der Waals surface area contributed by atoms with Gasteiger partial charge in [0.2, 0.25) is 17.7 Å². The van der Waals surface area contributed by atoms with Crippen LogP contribution in [0.4, 0.5) is 0 Å². The second-order valence-corrected chi connectivity index (χ2v) is 6.99. The van der Waals surface area contributed by atoms with Gasteiger partial charge in [0.05, 0.1) is 18.8 Å². The van der Waals surface area contributed by atoms with Gasteiger partial charge in [0.25, 0.3) is 0 Å². The number of aliphatic carboxylic acids is 1. The number of rotatable bonds is 11. The van der Waals surface area contributed by atoms with Crippen molar-refractivity contribution in [1.82, 2.24) is 16.0 Å². The number of aromatic hydroxyl groups is 1. The summed E-state index contributed by atoms with van der Waals surface area (Å²) in [5.41, 5.74) is 5.69. The van der Waals surface area contributed by atoms with Crippen LogP contribution in [0.15, 0.2) is 24.3 Å². The Morgan fingerprint density at radius 1 is 0.903 bits per heavy atom. The number of nitrogens with one attached hydrogen (secondary N) is 3. The zero-order valence-electron chi connectivity index (χ0n) is 17.1. The van der Waals surface area contributed by atoms with Crippen LogP contribution in [0.3, 0.4) is 0 Å². The molecule has 0 aliphatic carbocycles. The molecule has 0 aliphatic rings. The molecule has 0 aliphatic heterocycles. The number of carboxylic acids is 1. The first kappa shape index (κ1) is 25.8. The number of phenolic OH excluding ortho intramolecular Hbond substituents is 1. The highest BCUT2D eigenvalue weighted by atomic mass is 16.4. The number of hydrogen-bond acceptors (Lipinski definition) is 8. The summed E-state index contributed by atoms with van der Waals surface area (Å²) in [6, 6.07) is 1.29. The van der Waals surface area contributed by atoms with Crippen molar-refractivity contribution in [2.24, 2.45) is 5.73 Å². The Morgan fingerprint density at radius 2 is 1.39 bits per heavy atom. The Morgan fingerprint density at radius 3 is 1.84 bits per heavy atom. The van der Waals surface area contributed by atoms with Gasteiger partial charge in [-0.2, -0.15) is 0 Å². The maximum atomic E-state index is 12.6. The number of amides is 3. The standard InChI is InChI=1S/C19H28N4O8/c1-9(24)15(22-14(27)8-20)18(29)23-16(10(2)25)17(28)21-13(19(30)31)7-11-3-5-12(26)6-4-11/h3-6,9-10,13,15-16,24-26H,7-8,20H2,1-2H3,(H,21,28)(H,22,27)(H,23,29)(H,30,31). The molecule has 9 N–H and O–H groups in total. The van der Waals surface area contributed by atoms with E-state index in [4.69, 9.17) is 5.73 Å². The second-order valence-electron chi connectivity index (χ2n) is 6.99. The second kappa shape index (κ2) is 11.8. The smallest absolute Gasteiger partial charge is 0.326 e. The van der Waals surface area contributed by atoms with E-state index in [0.29, 0.717) is 5.56 Å². The molecule has 0 bridgehead atoms. The normalized spacial score (nSPS) is 15.6. The fourth-order valence-corrected chi connectivity index (χ4v) is 2.62. The molecular weight excluding hydrogens is 412 g/mol. The van der Waals surface area contributed by atoms with Crippen LogP contribution in [0, 0.1) is 0 Å². The molecular formula is C19H28N4O8. The first-order valence-corrected chi connectivity index (χ1v) is 9.43. The highest BCUT2D eigenvalue weighted by Gasteiger charge is 2.33. The third-order valence-electron chi connectivity index (χ3n) is 4.32. The number of aliphatic hydroxyl groups excluding tert-OH is 2. The molecule has 1 aromatic carbocycles. The van der Waals surface area contributed by atoms with Crippen LogP contribution in [0.25, 0.3) is 0 Å². The summed E-state index contributed by atoms with van der Waals surface area (Å²) in [4.78, 5) is 48.1. The van der Waals surface area contributed by atoms with Gasteiger partial charge in [0, 0.05) is 6.42 Å². The quantitative estimate of drug-likeness (QED) is 0.178. The Bertz CT molecular complexity index is 782. The van der Waals surface area contributed by atoms with Crippen LogP contribution >= 0.6 is 0 Å². The number of phenols is 1. The average molecular weight is 440 g/mol. The van der Waals surface area contributed by atoms with Crippen molar-refractivity contribution in [3.05, 3.63) is 29.8 Å². The van der Waals surface area contributed by atoms with E-state index in [0.717, 1.165) is 0 Å². The largest absolute Gasteiger partial charge is 0.508 e. The Hall–Kier alpha value is -3.22. The van der Waals surface area contributed by atoms with Crippen LogP contribution in [-0.4, -0.2) is 81.0 Å². The first-order valence-electron chi connectivity index (χ1n) is 9.43. The van der Waals surface area contributed by atoms with Gasteiger partial charge in [0.1, 0.15) is 23.9 Å². The number of carbonyl (C=O) groups excluding carboxylic acids is 3. The lowest BCUT2D eigenvalue weighted by molar-refractivity contribution is -0.143. The van der Waals surface area contributed by atoms with Crippen molar-refractivity contribution in [3.8, 4) is 5.75 Å². The van der Waals surface area contributed by atoms with Gasteiger partial charge in [-0.3, -0.25) is 14.4 Å². The molecule has 0 aromatic heterocycles. The van der Waals surface area contributed by atoms with Gasteiger partial charge in [-0.25, -0.2) is 4.79 Å². The fourth-order valence-electron chi connectivity index (χ4n) is 2.62. The van der Waals surface area contributed by atoms with E-state index in [1.54, 1.807) is 0 Å². The summed E-state index contributed by atoms with van der Waals surface area (Å²) in [5, 5.41) is 45.0. The van der Waals surface area contributed by atoms with E-state index >= 15 is 0 Å². The van der Waals surface area contributed by atoms with Gasteiger partial charge in [-0.05, 0) is 31.5 Å². The maximum Gasteiger partial charge on any atom is 0.326 e. The van der Waals surface area contributed by atoms with Crippen molar-refractivity contribution in [2.45, 2.75) is 50.6 Å². The Kier molecular flexibility index (Phi) is 9.86. The van der Waals surface area contributed by atoms with E-state index in [9.17, 15) is 39.6 Å². The predicted octanol–water partition coefficient (Wildman–Crippen LogP) is -2.81. The van der Waals surface area contributed by atoms with Crippen LogP contribution in [0.1, 0.15) is 19.4 Å². The van der Waals surface area contributed by atoms with E-state index in [1.165, 1.54) is 38.1 Å². The summed E-state index contributed by atoms with van der Waals surface area (Å²) < 4.78 is 0. The van der Waals surface area contributed by atoms with E-state index < -0.39 is 60.6 Å². The maximum absolute atomic E-state index is 12.6. The average Bonchev–Trinajstić information content (AvgIpc) is 2.70. The van der Waals surface area contributed by atoms with E-state index in [2.05, 4.69) is 16.0 Å². The summed E-state index contributed by atoms with van der Waals surface area (Å²) in [7, 11) is 0. The van der Waals surface area contributed by atoms with Gasteiger partial charge in [-0.1, -0.05) is 12.1 Å². The number of benzene rings is 1. The van der Waals surface area contributed by atoms with Crippen molar-refractivity contribution in [3.63, 3.8) is 0 Å². The van der Waals surface area contributed by atoms with E-state index in [-0.39, 0.29) is 12.2 Å². The monoisotopic (exact) mass is 440 g/mol. The third-order valence-corrected chi connectivity index (χ3v) is 4.32. The minimum absolute atomic E-state index is 0.00839. The van der Waals surface area contributed by atoms with Crippen molar-refractivity contribution in [1.29, 1.82) is 0 Å². The Labute approximate surface area is 178 Å². The van der Waals surface area contributed by atoms with Gasteiger partial charge in [0.15, 0.2) is 0 Å². The lowest BCUT2D eigenvalue weighted by Gasteiger charge is -2.27. The zero-order valence-corrected chi connectivity index (χ0v) is 17.1. The SMILES string of the molecule is CC(O)C(NC(=O)CN)C(=O)NC(C(=O)NC(Cc1ccc(O)cc1)C(=O)O)C(C)O. The number of aliphatic hydroxyl groups is 2. The van der Waals surface area contributed by atoms with Crippen LogP contribution in [0.5, 0.6) is 5.75 Å². The molecule has 0 spiro atoms. The number of carbonyl (C=O) groups is 4. The Balaban J connectivity index is 2.92. The van der Waals surface area contributed by atoms with Gasteiger partial charge < -0.3 is 42.1 Å². The summed E-state index contributed by atoms with van der Waals surface area (Å²) in [5.74, 6) is -4.04. The van der Waals surface area contributed by atoms with Crippen LogP contribution in [-0.2, 0) is 25.6 Å². The molecule has 5 unspecified atom stereocenters. The molecule has 5 atom stereocenters. The molecule has 0 saturated carbocycles. The highest BCUT2D eigenvalue weighted by molar-refractivity contribution is 5.94. The number of carboxylic acid groups (broad SMARTS) is 1. The molecule has 1 rings (SSSR count). The lowest BCUT2D eigenvalue weighted by atomic mass is 10.0. The fraction of sp³-hybridized carbons (Fsp3) is 0.474. The van der Waals surface area contributed by atoms with Crippen molar-refractivity contribution < 1.29 is 39.6 Å². The van der Waals surface area contributed by atoms with Crippen LogP contribution in [0.2, 0.25) is 0 Å². The third kappa shape index (κ3) is 8.20. The van der Waals surface area contributed by atoms with Crippen molar-refractivity contribution in [2.75, 3.05) is 6.54 Å². The lowest BCUT2D eigenvalue weighted by Crippen LogP contribution is -2.61. The topological polar surface area (TPSA) is 211 Å².